The Morgan fingerprint density at radius 3 is 2.86 bits per heavy atom. The first-order chi connectivity index (χ1) is 10.3. The van der Waals surface area contributed by atoms with Crippen molar-refractivity contribution in [3.05, 3.63) is 60.2 Å². The number of aliphatic hydroxyl groups is 1. The van der Waals surface area contributed by atoms with Crippen molar-refractivity contribution >= 4 is 17.7 Å². The van der Waals surface area contributed by atoms with Crippen molar-refractivity contribution in [2.24, 2.45) is 0 Å². The van der Waals surface area contributed by atoms with Gasteiger partial charge in [-0.3, -0.25) is 9.99 Å². The highest BCUT2D eigenvalue weighted by Gasteiger charge is 2.29. The number of hydrogen-bond donors (Lipinski definition) is 2. The minimum absolute atomic E-state index is 0.0585. The van der Waals surface area contributed by atoms with Gasteiger partial charge in [0.25, 0.3) is 0 Å². The number of rotatable bonds is 4. The summed E-state index contributed by atoms with van der Waals surface area (Å²) in [5, 5.41) is 10.7. The number of hydrogen-bond acceptors (Lipinski definition) is 6. The number of hydrazine groups is 1. The first-order valence-corrected chi connectivity index (χ1v) is 6.50. The van der Waals surface area contributed by atoms with E-state index in [-0.39, 0.29) is 6.61 Å². The van der Waals surface area contributed by atoms with Crippen LogP contribution < -0.4 is 10.4 Å². The smallest absolute Gasteiger partial charge is 0.149 e. The van der Waals surface area contributed by atoms with Crippen LogP contribution in [-0.4, -0.2) is 27.4 Å². The van der Waals surface area contributed by atoms with Gasteiger partial charge in [0, 0.05) is 35.9 Å². The molecule has 2 aromatic rings. The molecule has 6 heteroatoms. The van der Waals surface area contributed by atoms with E-state index < -0.39 is 6.04 Å². The third-order valence-electron chi connectivity index (χ3n) is 3.32. The predicted molar refractivity (Wildman–Crippen MR) is 77.8 cm³/mol. The van der Waals surface area contributed by atoms with Crippen molar-refractivity contribution < 1.29 is 9.90 Å². The van der Waals surface area contributed by atoms with Gasteiger partial charge < -0.3 is 15.3 Å². The van der Waals surface area contributed by atoms with Crippen molar-refractivity contribution in [2.45, 2.75) is 12.6 Å². The zero-order chi connectivity index (χ0) is 14.7. The van der Waals surface area contributed by atoms with Crippen molar-refractivity contribution in [1.82, 2.24) is 15.4 Å². The number of carbonyl (C=O) groups excluding carboxylic acids is 1. The second-order valence-corrected chi connectivity index (χ2v) is 4.60. The number of nitrogens with zero attached hydrogens (tertiary/aromatic N) is 3. The fourth-order valence-corrected chi connectivity index (χ4v) is 2.23. The van der Waals surface area contributed by atoms with Crippen molar-refractivity contribution in [3.8, 4) is 0 Å². The van der Waals surface area contributed by atoms with Crippen LogP contribution in [0.4, 0.5) is 5.82 Å². The number of anilines is 1. The maximum atomic E-state index is 11.5. The summed E-state index contributed by atoms with van der Waals surface area (Å²) in [7, 11) is 0. The topological polar surface area (TPSA) is 78.4 Å². The predicted octanol–water partition coefficient (Wildman–Crippen LogP) is 0.902. The van der Waals surface area contributed by atoms with Gasteiger partial charge in [-0.05, 0) is 17.7 Å². The maximum absolute atomic E-state index is 11.5. The Morgan fingerprint density at radius 2 is 2.24 bits per heavy atom. The van der Waals surface area contributed by atoms with E-state index in [4.69, 9.17) is 5.11 Å². The molecule has 1 unspecified atom stereocenters. The standard InChI is InChI=1S/C15H14N4O2/c20-9-11-3-4-15(17-6-11)19-14(10-21)13(8-18-19)12-2-1-5-16-7-12/h1-8,10,14,18,20H,9H2. The van der Waals surface area contributed by atoms with Gasteiger partial charge in [-0.15, -0.1) is 0 Å². The summed E-state index contributed by atoms with van der Waals surface area (Å²) < 4.78 is 0. The Hall–Kier alpha value is -2.73. The molecule has 0 spiro atoms. The van der Waals surface area contributed by atoms with Crippen LogP contribution in [0, 0.1) is 0 Å². The average molecular weight is 282 g/mol. The molecule has 0 aromatic carbocycles. The zero-order valence-electron chi connectivity index (χ0n) is 11.2. The van der Waals surface area contributed by atoms with Crippen molar-refractivity contribution in [1.29, 1.82) is 0 Å². The van der Waals surface area contributed by atoms with Crippen LogP contribution in [-0.2, 0) is 11.4 Å². The van der Waals surface area contributed by atoms with Crippen LogP contribution >= 0.6 is 0 Å². The van der Waals surface area contributed by atoms with Crippen molar-refractivity contribution in [3.63, 3.8) is 0 Å². The van der Waals surface area contributed by atoms with E-state index in [0.717, 1.165) is 23.0 Å². The van der Waals surface area contributed by atoms with Crippen LogP contribution in [0.25, 0.3) is 5.57 Å². The molecule has 106 valence electrons. The summed E-state index contributed by atoms with van der Waals surface area (Å²) >= 11 is 0. The van der Waals surface area contributed by atoms with E-state index in [1.165, 1.54) is 0 Å². The third-order valence-corrected chi connectivity index (χ3v) is 3.32. The van der Waals surface area contributed by atoms with Gasteiger partial charge in [0.2, 0.25) is 0 Å². The fraction of sp³-hybridized carbons (Fsp3) is 0.133. The number of nitrogens with one attached hydrogen (secondary N) is 1. The molecule has 0 fully saturated rings. The lowest BCUT2D eigenvalue weighted by Gasteiger charge is -2.23. The molecule has 6 nitrogen and oxygen atoms in total. The van der Waals surface area contributed by atoms with Gasteiger partial charge in [-0.2, -0.15) is 0 Å². The van der Waals surface area contributed by atoms with Crippen LogP contribution in [0.3, 0.4) is 0 Å². The number of pyridine rings is 2. The summed E-state index contributed by atoms with van der Waals surface area (Å²) in [6.07, 6.45) is 7.63. The molecule has 0 amide bonds. The monoisotopic (exact) mass is 282 g/mol. The highest BCUT2D eigenvalue weighted by molar-refractivity contribution is 5.89. The van der Waals surface area contributed by atoms with E-state index >= 15 is 0 Å². The number of aliphatic hydroxyl groups excluding tert-OH is 1. The maximum Gasteiger partial charge on any atom is 0.149 e. The minimum atomic E-state index is -0.471. The summed E-state index contributed by atoms with van der Waals surface area (Å²) in [6.45, 7) is -0.0585. The molecule has 3 rings (SSSR count). The first-order valence-electron chi connectivity index (χ1n) is 6.50. The molecule has 2 aromatic heterocycles. The fourth-order valence-electron chi connectivity index (χ4n) is 2.23. The number of aromatic nitrogens is 2. The van der Waals surface area contributed by atoms with Crippen LogP contribution in [0.1, 0.15) is 11.1 Å². The second kappa shape index (κ2) is 5.72. The van der Waals surface area contributed by atoms with Crippen LogP contribution in [0.2, 0.25) is 0 Å². The Labute approximate surface area is 121 Å². The molecule has 0 bridgehead atoms. The largest absolute Gasteiger partial charge is 0.392 e. The Balaban J connectivity index is 1.87. The summed E-state index contributed by atoms with van der Waals surface area (Å²) in [6, 6.07) is 6.79. The molecule has 0 saturated carbocycles. The third kappa shape index (κ3) is 2.48. The second-order valence-electron chi connectivity index (χ2n) is 4.60. The Bertz CT molecular complexity index is 655. The molecule has 1 atom stereocenters. The molecular weight excluding hydrogens is 268 g/mol. The first kappa shape index (κ1) is 13.3. The normalized spacial score (nSPS) is 17.3. The van der Waals surface area contributed by atoms with Crippen LogP contribution in [0.5, 0.6) is 0 Å². The summed E-state index contributed by atoms with van der Waals surface area (Å²) in [5.74, 6) is 0.611. The molecule has 1 aliphatic heterocycles. The molecule has 1 aliphatic rings. The number of carbonyl (C=O) groups is 1. The van der Waals surface area contributed by atoms with Gasteiger partial charge in [0.15, 0.2) is 0 Å². The average Bonchev–Trinajstić information content (AvgIpc) is 2.99. The van der Waals surface area contributed by atoms with E-state index in [9.17, 15) is 4.79 Å². The summed E-state index contributed by atoms with van der Waals surface area (Å²) in [4.78, 5) is 19.8. The van der Waals surface area contributed by atoms with Gasteiger partial charge in [0.1, 0.15) is 18.1 Å². The van der Waals surface area contributed by atoms with E-state index in [2.05, 4.69) is 15.4 Å². The van der Waals surface area contributed by atoms with E-state index in [1.54, 1.807) is 41.9 Å². The highest BCUT2D eigenvalue weighted by Crippen LogP contribution is 2.27. The molecule has 21 heavy (non-hydrogen) atoms. The van der Waals surface area contributed by atoms with Crippen LogP contribution in [0.15, 0.2) is 49.1 Å². The molecule has 0 saturated heterocycles. The molecule has 0 radical (unpaired) electrons. The lowest BCUT2D eigenvalue weighted by Crippen LogP contribution is -2.40. The molecular formula is C15H14N4O2. The van der Waals surface area contributed by atoms with E-state index in [1.807, 2.05) is 12.1 Å². The minimum Gasteiger partial charge on any atom is -0.392 e. The lowest BCUT2D eigenvalue weighted by molar-refractivity contribution is -0.107. The molecule has 0 aliphatic carbocycles. The molecule has 3 heterocycles. The zero-order valence-corrected chi connectivity index (χ0v) is 11.2. The van der Waals surface area contributed by atoms with Gasteiger partial charge in [0.05, 0.1) is 6.61 Å². The summed E-state index contributed by atoms with van der Waals surface area (Å²) in [5.41, 5.74) is 5.50. The lowest BCUT2D eigenvalue weighted by atomic mass is 10.0. The van der Waals surface area contributed by atoms with Gasteiger partial charge in [-0.25, -0.2) is 4.98 Å². The number of aldehydes is 1. The Morgan fingerprint density at radius 1 is 1.33 bits per heavy atom. The highest BCUT2D eigenvalue weighted by atomic mass is 16.3. The van der Waals surface area contributed by atoms with Gasteiger partial charge in [-0.1, -0.05) is 12.1 Å². The van der Waals surface area contributed by atoms with E-state index in [0.29, 0.717) is 5.82 Å². The van der Waals surface area contributed by atoms with Crippen molar-refractivity contribution in [2.75, 3.05) is 5.01 Å². The Kier molecular flexibility index (Phi) is 3.61. The quantitative estimate of drug-likeness (QED) is 0.811. The van der Waals surface area contributed by atoms with Gasteiger partial charge >= 0.3 is 0 Å². The molecule has 2 N–H and O–H groups in total. The SMILES string of the molecule is O=CC1C(c2cccnc2)=CNN1c1ccc(CO)cn1.